The molecule has 1 aromatic carbocycles. The van der Waals surface area contributed by atoms with Crippen LogP contribution in [0.5, 0.6) is 5.75 Å². The zero-order valence-corrected chi connectivity index (χ0v) is 13.6. The predicted octanol–water partition coefficient (Wildman–Crippen LogP) is 3.54. The highest BCUT2D eigenvalue weighted by atomic mass is 79.9. The molecular formula is C17H19BrN2O. The lowest BCUT2D eigenvalue weighted by Gasteiger charge is -2.32. The van der Waals surface area contributed by atoms with Gasteiger partial charge in [-0.25, -0.2) is 0 Å². The van der Waals surface area contributed by atoms with Crippen molar-refractivity contribution in [2.24, 2.45) is 0 Å². The highest BCUT2D eigenvalue weighted by Crippen LogP contribution is 2.36. The molecule has 0 bridgehead atoms. The summed E-state index contributed by atoms with van der Waals surface area (Å²) in [6.45, 7) is 0.785. The summed E-state index contributed by atoms with van der Waals surface area (Å²) in [5.74, 6) is 1.49. The van der Waals surface area contributed by atoms with E-state index < -0.39 is 0 Å². The molecule has 3 rings (SSSR count). The Morgan fingerprint density at radius 2 is 2.19 bits per heavy atom. The van der Waals surface area contributed by atoms with E-state index in [0.717, 1.165) is 35.4 Å². The smallest absolute Gasteiger partial charge is 0.122 e. The molecule has 2 unspecified atom stereocenters. The van der Waals surface area contributed by atoms with E-state index >= 15 is 0 Å². The first-order valence-electron chi connectivity index (χ1n) is 7.27. The first-order chi connectivity index (χ1) is 10.3. The molecule has 0 spiro atoms. The number of rotatable bonds is 4. The number of halogens is 1. The third-order valence-corrected chi connectivity index (χ3v) is 4.55. The molecule has 2 heterocycles. The van der Waals surface area contributed by atoms with Crippen molar-refractivity contribution < 1.29 is 4.74 Å². The van der Waals surface area contributed by atoms with Crippen LogP contribution in [0.15, 0.2) is 47.1 Å². The maximum atomic E-state index is 5.76. The summed E-state index contributed by atoms with van der Waals surface area (Å²) in [4.78, 5) is 4.50. The Morgan fingerprint density at radius 1 is 1.33 bits per heavy atom. The molecule has 0 aliphatic carbocycles. The molecule has 0 amide bonds. The van der Waals surface area contributed by atoms with Crippen molar-refractivity contribution in [3.8, 4) is 5.75 Å². The highest BCUT2D eigenvalue weighted by molar-refractivity contribution is 9.10. The van der Waals surface area contributed by atoms with Crippen molar-refractivity contribution in [3.05, 3.63) is 58.3 Å². The summed E-state index contributed by atoms with van der Waals surface area (Å²) in [6.07, 6.45) is 3.82. The zero-order valence-electron chi connectivity index (χ0n) is 12.1. The Hall–Kier alpha value is -1.39. The Bertz CT molecular complexity index is 600. The number of nitrogens with one attached hydrogen (secondary N) is 1. The van der Waals surface area contributed by atoms with Gasteiger partial charge in [0.2, 0.25) is 0 Å². The third-order valence-electron chi connectivity index (χ3n) is 4.08. The summed E-state index contributed by atoms with van der Waals surface area (Å²) >= 11 is 3.43. The molecule has 2 aromatic rings. The van der Waals surface area contributed by atoms with Crippen LogP contribution in [0.3, 0.4) is 0 Å². The second-order valence-corrected chi connectivity index (χ2v) is 6.26. The highest BCUT2D eigenvalue weighted by Gasteiger charge is 2.28. The van der Waals surface area contributed by atoms with Crippen molar-refractivity contribution in [3.63, 3.8) is 0 Å². The molecule has 3 nitrogen and oxygen atoms in total. The summed E-state index contributed by atoms with van der Waals surface area (Å²) in [5.41, 5.74) is 2.42. The monoisotopic (exact) mass is 346 g/mol. The lowest BCUT2D eigenvalue weighted by Crippen LogP contribution is -2.37. The van der Waals surface area contributed by atoms with Gasteiger partial charge in [0.05, 0.1) is 6.61 Å². The number of hydrogen-bond donors (Lipinski definition) is 1. The van der Waals surface area contributed by atoms with Gasteiger partial charge in [-0.05, 0) is 53.2 Å². The van der Waals surface area contributed by atoms with Gasteiger partial charge >= 0.3 is 0 Å². The maximum Gasteiger partial charge on any atom is 0.122 e. The fourth-order valence-electron chi connectivity index (χ4n) is 2.99. The first-order valence-corrected chi connectivity index (χ1v) is 8.06. The molecule has 1 aliphatic heterocycles. The number of hydrogen-bond acceptors (Lipinski definition) is 3. The minimum Gasteiger partial charge on any atom is -0.493 e. The van der Waals surface area contributed by atoms with Gasteiger partial charge in [-0.2, -0.15) is 0 Å². The Labute approximate surface area is 133 Å². The topological polar surface area (TPSA) is 34.2 Å². The van der Waals surface area contributed by atoms with Crippen LogP contribution in [0.4, 0.5) is 0 Å². The minimum absolute atomic E-state index is 0.365. The number of nitrogens with zero attached hydrogens (tertiary/aromatic N) is 1. The number of likely N-dealkylation sites (N-methyl/N-ethyl adjacent to an activating group) is 1. The van der Waals surface area contributed by atoms with Gasteiger partial charge in [0.25, 0.3) is 0 Å². The van der Waals surface area contributed by atoms with Crippen molar-refractivity contribution >= 4 is 15.9 Å². The SMILES string of the molecule is CNC(Cc1ccc(Br)cn1)C1CCOc2ccccc21. The van der Waals surface area contributed by atoms with Crippen LogP contribution in [0.25, 0.3) is 0 Å². The summed E-state index contributed by atoms with van der Waals surface area (Å²) < 4.78 is 6.78. The molecule has 4 heteroatoms. The van der Waals surface area contributed by atoms with Crippen LogP contribution in [0.2, 0.25) is 0 Å². The normalized spacial score (nSPS) is 18.7. The van der Waals surface area contributed by atoms with E-state index in [1.807, 2.05) is 25.4 Å². The average Bonchev–Trinajstić information content (AvgIpc) is 2.54. The van der Waals surface area contributed by atoms with E-state index in [1.54, 1.807) is 0 Å². The van der Waals surface area contributed by atoms with Gasteiger partial charge in [-0.3, -0.25) is 4.98 Å². The predicted molar refractivity (Wildman–Crippen MR) is 87.8 cm³/mol. The van der Waals surface area contributed by atoms with Crippen LogP contribution in [0.1, 0.15) is 23.6 Å². The molecule has 0 saturated carbocycles. The van der Waals surface area contributed by atoms with Gasteiger partial charge in [-0.15, -0.1) is 0 Å². The molecular weight excluding hydrogens is 328 g/mol. The number of benzene rings is 1. The molecule has 110 valence electrons. The number of para-hydroxylation sites is 1. The molecule has 1 N–H and O–H groups in total. The Balaban J connectivity index is 1.82. The molecule has 0 radical (unpaired) electrons. The van der Waals surface area contributed by atoms with Gasteiger partial charge in [-0.1, -0.05) is 18.2 Å². The third kappa shape index (κ3) is 3.27. The maximum absolute atomic E-state index is 5.76. The second kappa shape index (κ2) is 6.58. The van der Waals surface area contributed by atoms with Gasteiger partial charge in [0.15, 0.2) is 0 Å². The molecule has 2 atom stereocenters. The van der Waals surface area contributed by atoms with Crippen LogP contribution in [-0.4, -0.2) is 24.7 Å². The fraction of sp³-hybridized carbons (Fsp3) is 0.353. The van der Waals surface area contributed by atoms with Gasteiger partial charge in [0, 0.05) is 34.7 Å². The standard InChI is InChI=1S/C17H19BrN2O/c1-19-16(10-13-7-6-12(18)11-20-13)14-8-9-21-17-5-3-2-4-15(14)17/h2-7,11,14,16,19H,8-10H2,1H3. The molecule has 0 fully saturated rings. The number of aromatic nitrogens is 1. The molecule has 0 saturated heterocycles. The number of pyridine rings is 1. The Morgan fingerprint density at radius 3 is 2.95 bits per heavy atom. The van der Waals surface area contributed by atoms with Crippen molar-refractivity contribution in [2.75, 3.05) is 13.7 Å². The van der Waals surface area contributed by atoms with E-state index in [0.29, 0.717) is 12.0 Å². The largest absolute Gasteiger partial charge is 0.493 e. The van der Waals surface area contributed by atoms with Crippen molar-refractivity contribution in [2.45, 2.75) is 24.8 Å². The van der Waals surface area contributed by atoms with Gasteiger partial charge < -0.3 is 10.1 Å². The van der Waals surface area contributed by atoms with Crippen LogP contribution in [-0.2, 0) is 6.42 Å². The van der Waals surface area contributed by atoms with E-state index in [9.17, 15) is 0 Å². The lowest BCUT2D eigenvalue weighted by molar-refractivity contribution is 0.247. The lowest BCUT2D eigenvalue weighted by atomic mass is 9.84. The summed E-state index contributed by atoms with van der Waals surface area (Å²) in [5, 5.41) is 3.47. The van der Waals surface area contributed by atoms with E-state index in [2.05, 4.69) is 50.5 Å². The fourth-order valence-corrected chi connectivity index (χ4v) is 3.22. The zero-order chi connectivity index (χ0) is 14.7. The Kier molecular flexibility index (Phi) is 4.56. The van der Waals surface area contributed by atoms with Crippen LogP contribution >= 0.6 is 15.9 Å². The van der Waals surface area contributed by atoms with E-state index in [4.69, 9.17) is 4.74 Å². The number of ether oxygens (including phenoxy) is 1. The average molecular weight is 347 g/mol. The molecule has 1 aliphatic rings. The molecule has 1 aromatic heterocycles. The van der Waals surface area contributed by atoms with Gasteiger partial charge in [0.1, 0.15) is 5.75 Å². The number of fused-ring (bicyclic) bond motifs is 1. The van der Waals surface area contributed by atoms with Crippen molar-refractivity contribution in [1.29, 1.82) is 0 Å². The second-order valence-electron chi connectivity index (χ2n) is 5.35. The summed E-state index contributed by atoms with van der Waals surface area (Å²) in [6, 6.07) is 12.9. The minimum atomic E-state index is 0.365. The summed E-state index contributed by atoms with van der Waals surface area (Å²) in [7, 11) is 2.03. The van der Waals surface area contributed by atoms with Crippen LogP contribution < -0.4 is 10.1 Å². The van der Waals surface area contributed by atoms with E-state index in [-0.39, 0.29) is 0 Å². The quantitative estimate of drug-likeness (QED) is 0.919. The first kappa shape index (κ1) is 14.5. The van der Waals surface area contributed by atoms with Crippen LogP contribution in [0, 0.1) is 0 Å². The van der Waals surface area contributed by atoms with E-state index in [1.165, 1.54) is 5.56 Å². The van der Waals surface area contributed by atoms with Crippen molar-refractivity contribution in [1.82, 2.24) is 10.3 Å². The molecule has 21 heavy (non-hydrogen) atoms.